The first kappa shape index (κ1) is 14.3. The summed E-state index contributed by atoms with van der Waals surface area (Å²) in [5.41, 5.74) is 2.52. The molecule has 0 unspecified atom stereocenters. The Morgan fingerprint density at radius 1 is 0.870 bits per heavy atom. The van der Waals surface area contributed by atoms with E-state index in [0.29, 0.717) is 0 Å². The molecule has 0 aliphatic carbocycles. The van der Waals surface area contributed by atoms with Crippen molar-refractivity contribution in [1.29, 1.82) is 0 Å². The number of rotatable bonds is 2. The minimum Gasteiger partial charge on any atom is -0.330 e. The van der Waals surface area contributed by atoms with Gasteiger partial charge in [-0.1, -0.05) is 62.4 Å². The maximum atomic E-state index is 5.03. The van der Waals surface area contributed by atoms with Gasteiger partial charge in [0.1, 0.15) is 5.66 Å². The molecule has 2 aliphatic rings. The Morgan fingerprint density at radius 2 is 1.48 bits per heavy atom. The van der Waals surface area contributed by atoms with Gasteiger partial charge in [0.2, 0.25) is 0 Å². The second-order valence-electron chi connectivity index (χ2n) is 7.58. The van der Waals surface area contributed by atoms with Crippen LogP contribution in [0.15, 0.2) is 65.8 Å². The average molecular weight is 305 g/mol. The molecule has 3 heteroatoms. The maximum absolute atomic E-state index is 5.03. The van der Waals surface area contributed by atoms with Crippen LogP contribution in [0.1, 0.15) is 32.8 Å². The molecule has 3 nitrogen and oxygen atoms in total. The largest absolute Gasteiger partial charge is 0.330 e. The van der Waals surface area contributed by atoms with Crippen molar-refractivity contribution in [2.45, 2.75) is 32.9 Å². The summed E-state index contributed by atoms with van der Waals surface area (Å²) in [7, 11) is 0. The molecule has 23 heavy (non-hydrogen) atoms. The van der Waals surface area contributed by atoms with Gasteiger partial charge in [0.05, 0.1) is 5.69 Å². The topological polar surface area (TPSA) is 18.8 Å². The highest BCUT2D eigenvalue weighted by Gasteiger charge is 2.55. The third-order valence-corrected chi connectivity index (χ3v) is 4.92. The highest BCUT2D eigenvalue weighted by atomic mass is 15.7. The summed E-state index contributed by atoms with van der Waals surface area (Å²) < 4.78 is 0. The molecule has 0 saturated carbocycles. The minimum absolute atomic E-state index is 0.101. The predicted molar refractivity (Wildman–Crippen MR) is 95.4 cm³/mol. The van der Waals surface area contributed by atoms with Gasteiger partial charge in [-0.15, -0.1) is 0 Å². The molecule has 1 saturated heterocycles. The Balaban J connectivity index is 1.84. The molecule has 1 atom stereocenters. The van der Waals surface area contributed by atoms with Crippen molar-refractivity contribution in [3.8, 4) is 0 Å². The molecule has 2 aliphatic heterocycles. The standard InChI is InChI=1S/C20H23N3/c1-19(2)14-20(3)22(15-19)18(16-10-6-4-7-11-16)21-23(20)17-12-8-5-9-13-17/h4-13H,14-15H2,1-3H3/t20-/m1/s1. The first-order chi connectivity index (χ1) is 11.0. The van der Waals surface area contributed by atoms with E-state index >= 15 is 0 Å². The second-order valence-corrected chi connectivity index (χ2v) is 7.58. The zero-order valence-electron chi connectivity index (χ0n) is 14.0. The first-order valence-electron chi connectivity index (χ1n) is 8.27. The van der Waals surface area contributed by atoms with E-state index in [2.05, 4.69) is 91.3 Å². The lowest BCUT2D eigenvalue weighted by Crippen LogP contribution is -2.49. The molecule has 118 valence electrons. The number of benzene rings is 2. The van der Waals surface area contributed by atoms with E-state index in [1.807, 2.05) is 0 Å². The van der Waals surface area contributed by atoms with Gasteiger partial charge in [-0.05, 0) is 30.9 Å². The van der Waals surface area contributed by atoms with E-state index in [1.54, 1.807) is 0 Å². The average Bonchev–Trinajstić information content (AvgIpc) is 2.94. The molecule has 0 amide bonds. The Labute approximate surface area is 138 Å². The van der Waals surface area contributed by atoms with E-state index < -0.39 is 0 Å². The van der Waals surface area contributed by atoms with Crippen molar-refractivity contribution in [2.24, 2.45) is 10.5 Å². The van der Waals surface area contributed by atoms with E-state index in [4.69, 9.17) is 5.10 Å². The molecule has 0 radical (unpaired) electrons. The molecule has 0 bridgehead atoms. The fraction of sp³-hybridized carbons (Fsp3) is 0.350. The number of fused-ring (bicyclic) bond motifs is 1. The van der Waals surface area contributed by atoms with Crippen molar-refractivity contribution >= 4 is 11.5 Å². The summed E-state index contributed by atoms with van der Waals surface area (Å²) in [6.07, 6.45) is 1.09. The SMILES string of the molecule is CC1(C)CN2C(c3ccccc3)=NN(c3ccccc3)[C@]2(C)C1. The lowest BCUT2D eigenvalue weighted by atomic mass is 9.88. The fourth-order valence-corrected chi connectivity index (χ4v) is 4.11. The smallest absolute Gasteiger partial charge is 0.158 e. The minimum atomic E-state index is -0.101. The van der Waals surface area contributed by atoms with Crippen LogP contribution in [-0.2, 0) is 0 Å². The number of amidine groups is 1. The van der Waals surface area contributed by atoms with Crippen molar-refractivity contribution in [3.63, 3.8) is 0 Å². The Hall–Kier alpha value is -2.29. The van der Waals surface area contributed by atoms with Gasteiger partial charge in [0.15, 0.2) is 5.84 Å². The van der Waals surface area contributed by atoms with Crippen molar-refractivity contribution in [3.05, 3.63) is 66.2 Å². The maximum Gasteiger partial charge on any atom is 0.158 e. The summed E-state index contributed by atoms with van der Waals surface area (Å²) in [6.45, 7) is 8.04. The molecule has 1 fully saturated rings. The van der Waals surface area contributed by atoms with Gasteiger partial charge >= 0.3 is 0 Å². The third kappa shape index (κ3) is 2.23. The molecule has 2 aromatic rings. The van der Waals surface area contributed by atoms with Crippen LogP contribution in [0.3, 0.4) is 0 Å². The van der Waals surface area contributed by atoms with Crippen molar-refractivity contribution in [2.75, 3.05) is 11.6 Å². The van der Waals surface area contributed by atoms with Gasteiger partial charge in [-0.3, -0.25) is 0 Å². The highest BCUT2D eigenvalue weighted by Crippen LogP contribution is 2.48. The van der Waals surface area contributed by atoms with Gasteiger partial charge in [0.25, 0.3) is 0 Å². The summed E-state index contributed by atoms with van der Waals surface area (Å²) in [4.78, 5) is 2.48. The van der Waals surface area contributed by atoms with Gasteiger partial charge < -0.3 is 4.90 Å². The lowest BCUT2D eigenvalue weighted by Gasteiger charge is -2.36. The van der Waals surface area contributed by atoms with E-state index in [9.17, 15) is 0 Å². The Bertz CT molecular complexity index is 736. The third-order valence-electron chi connectivity index (χ3n) is 4.92. The Morgan fingerprint density at radius 3 is 2.13 bits per heavy atom. The highest BCUT2D eigenvalue weighted by molar-refractivity contribution is 6.02. The second kappa shape index (κ2) is 4.85. The van der Waals surface area contributed by atoms with E-state index in [1.165, 1.54) is 5.56 Å². The number of hydrogen-bond donors (Lipinski definition) is 0. The van der Waals surface area contributed by atoms with Crippen LogP contribution in [0, 0.1) is 5.41 Å². The zero-order valence-corrected chi connectivity index (χ0v) is 14.0. The fourth-order valence-electron chi connectivity index (χ4n) is 4.11. The summed E-state index contributed by atoms with van der Waals surface area (Å²) in [5.74, 6) is 1.09. The number of hydrazone groups is 1. The normalized spacial score (nSPS) is 25.4. The lowest BCUT2D eigenvalue weighted by molar-refractivity contribution is 0.272. The van der Waals surface area contributed by atoms with Crippen molar-refractivity contribution in [1.82, 2.24) is 4.90 Å². The zero-order chi connectivity index (χ0) is 16.1. The van der Waals surface area contributed by atoms with Crippen LogP contribution >= 0.6 is 0 Å². The monoisotopic (exact) mass is 305 g/mol. The van der Waals surface area contributed by atoms with E-state index in [-0.39, 0.29) is 11.1 Å². The van der Waals surface area contributed by atoms with Crippen molar-refractivity contribution < 1.29 is 0 Å². The van der Waals surface area contributed by atoms with Crippen LogP contribution in [0.5, 0.6) is 0 Å². The van der Waals surface area contributed by atoms with Gasteiger partial charge in [0, 0.05) is 12.1 Å². The Kier molecular flexibility index (Phi) is 3.02. The molecule has 0 spiro atoms. The predicted octanol–water partition coefficient (Wildman–Crippen LogP) is 4.32. The van der Waals surface area contributed by atoms with Gasteiger partial charge in [-0.25, -0.2) is 5.01 Å². The van der Waals surface area contributed by atoms with E-state index in [0.717, 1.165) is 24.5 Å². The first-order valence-corrected chi connectivity index (χ1v) is 8.27. The number of anilines is 1. The van der Waals surface area contributed by atoms with Crippen LogP contribution < -0.4 is 5.01 Å². The molecule has 2 aromatic carbocycles. The quantitative estimate of drug-likeness (QED) is 0.823. The molecular formula is C20H23N3. The molecule has 0 N–H and O–H groups in total. The van der Waals surface area contributed by atoms with Crippen LogP contribution in [-0.4, -0.2) is 22.9 Å². The van der Waals surface area contributed by atoms with Crippen LogP contribution in [0.4, 0.5) is 5.69 Å². The van der Waals surface area contributed by atoms with Gasteiger partial charge in [-0.2, -0.15) is 5.10 Å². The number of hydrogen-bond acceptors (Lipinski definition) is 3. The number of nitrogens with zero attached hydrogens (tertiary/aromatic N) is 3. The summed E-state index contributed by atoms with van der Waals surface area (Å²) in [5, 5.41) is 7.24. The summed E-state index contributed by atoms with van der Waals surface area (Å²) >= 11 is 0. The molecule has 2 heterocycles. The van der Waals surface area contributed by atoms with Crippen LogP contribution in [0.25, 0.3) is 0 Å². The summed E-state index contributed by atoms with van der Waals surface area (Å²) in [6, 6.07) is 21.0. The number of para-hydroxylation sites is 1. The molecule has 4 rings (SSSR count). The molecular weight excluding hydrogens is 282 g/mol. The molecule has 0 aromatic heterocycles. The van der Waals surface area contributed by atoms with Crippen LogP contribution in [0.2, 0.25) is 0 Å².